The van der Waals surface area contributed by atoms with Crippen LogP contribution in [0.4, 0.5) is 0 Å². The van der Waals surface area contributed by atoms with E-state index in [1.807, 2.05) is 25.1 Å². The van der Waals surface area contributed by atoms with Gasteiger partial charge in [-0.15, -0.1) is 0 Å². The molecule has 0 bridgehead atoms. The molecule has 3 nitrogen and oxygen atoms in total. The third-order valence-electron chi connectivity index (χ3n) is 4.58. The van der Waals surface area contributed by atoms with Crippen LogP contribution >= 0.6 is 0 Å². The number of phenolic OH excluding ortho intramolecular Hbond substituents is 1. The van der Waals surface area contributed by atoms with Gasteiger partial charge in [0.05, 0.1) is 5.56 Å². The molecule has 0 aromatic heterocycles. The highest BCUT2D eigenvalue weighted by Gasteiger charge is 2.40. The third kappa shape index (κ3) is 5.50. The minimum absolute atomic E-state index is 0.173. The number of benzene rings is 1. The first-order valence-electron chi connectivity index (χ1n) is 9.09. The number of methoxy groups -OCH3 is 1. The van der Waals surface area contributed by atoms with Crippen molar-refractivity contribution >= 4 is 0 Å². The van der Waals surface area contributed by atoms with Crippen molar-refractivity contribution in [2.24, 2.45) is 5.92 Å². The summed E-state index contributed by atoms with van der Waals surface area (Å²) >= 11 is 0. The minimum atomic E-state index is -0.872. The van der Waals surface area contributed by atoms with Crippen molar-refractivity contribution in [1.82, 2.24) is 0 Å². The lowest BCUT2D eigenvalue weighted by molar-refractivity contribution is -0.261. The van der Waals surface area contributed by atoms with Crippen molar-refractivity contribution in [3.63, 3.8) is 0 Å². The summed E-state index contributed by atoms with van der Waals surface area (Å²) in [6.45, 7) is 6.90. The van der Waals surface area contributed by atoms with E-state index in [4.69, 9.17) is 9.47 Å². The van der Waals surface area contributed by atoms with Gasteiger partial charge < -0.3 is 14.6 Å². The molecule has 0 aliphatic heterocycles. The SMILES string of the molecule is CCCCCCCCC(C)C(OC)(OCC)c1ccccc1O. The lowest BCUT2D eigenvalue weighted by atomic mass is 9.87. The Bertz CT molecular complexity index is 433. The molecule has 1 N–H and O–H groups in total. The van der Waals surface area contributed by atoms with Crippen LogP contribution in [0.1, 0.15) is 71.3 Å². The summed E-state index contributed by atoms with van der Waals surface area (Å²) in [6, 6.07) is 7.33. The predicted molar refractivity (Wildman–Crippen MR) is 95.6 cm³/mol. The average Bonchev–Trinajstić information content (AvgIpc) is 2.56. The Balaban J connectivity index is 2.75. The topological polar surface area (TPSA) is 38.7 Å². The van der Waals surface area contributed by atoms with Crippen molar-refractivity contribution in [2.45, 2.75) is 71.5 Å². The molecule has 3 heteroatoms. The second kappa shape index (κ2) is 10.7. The maximum atomic E-state index is 10.3. The molecule has 1 rings (SSSR count). The van der Waals surface area contributed by atoms with Crippen LogP contribution in [0, 0.1) is 5.92 Å². The Hall–Kier alpha value is -1.06. The summed E-state index contributed by atoms with van der Waals surface area (Å²) in [7, 11) is 1.67. The van der Waals surface area contributed by atoms with Crippen LogP contribution < -0.4 is 0 Å². The standard InChI is InChI=1S/C20H34O3/c1-5-7-8-9-10-11-14-17(3)20(22-4,23-6-2)18-15-12-13-16-19(18)21/h12-13,15-17,21H,5-11,14H2,1-4H3. The molecule has 0 saturated carbocycles. The van der Waals surface area contributed by atoms with Gasteiger partial charge in [0.1, 0.15) is 5.75 Å². The molecule has 0 aliphatic carbocycles. The summed E-state index contributed by atoms with van der Waals surface area (Å²) in [6.07, 6.45) is 8.66. The van der Waals surface area contributed by atoms with Gasteiger partial charge in [-0.1, -0.05) is 64.5 Å². The Morgan fingerprint density at radius 3 is 2.30 bits per heavy atom. The zero-order chi connectivity index (χ0) is 17.1. The van der Waals surface area contributed by atoms with Crippen LogP contribution in [0.25, 0.3) is 0 Å². The lowest BCUT2D eigenvalue weighted by Crippen LogP contribution is -2.39. The molecular formula is C20H34O3. The molecule has 0 amide bonds. The minimum Gasteiger partial charge on any atom is -0.507 e. The fourth-order valence-corrected chi connectivity index (χ4v) is 3.26. The van der Waals surface area contributed by atoms with E-state index in [1.54, 1.807) is 13.2 Å². The molecule has 132 valence electrons. The summed E-state index contributed by atoms with van der Waals surface area (Å²) in [4.78, 5) is 0. The van der Waals surface area contributed by atoms with E-state index < -0.39 is 5.79 Å². The molecule has 0 aliphatic rings. The van der Waals surface area contributed by atoms with Crippen LogP contribution in [-0.4, -0.2) is 18.8 Å². The predicted octanol–water partition coefficient (Wildman–Crippen LogP) is 5.61. The first-order chi connectivity index (χ1) is 11.1. The molecule has 0 fully saturated rings. The number of rotatable bonds is 12. The van der Waals surface area contributed by atoms with E-state index in [-0.39, 0.29) is 11.7 Å². The summed E-state index contributed by atoms with van der Waals surface area (Å²) in [5, 5.41) is 10.3. The van der Waals surface area contributed by atoms with Crippen LogP contribution in [-0.2, 0) is 15.3 Å². The Kier molecular flexibility index (Phi) is 9.27. The van der Waals surface area contributed by atoms with Crippen molar-refractivity contribution in [3.05, 3.63) is 29.8 Å². The molecule has 2 atom stereocenters. The van der Waals surface area contributed by atoms with Gasteiger partial charge in [0, 0.05) is 19.6 Å². The quantitative estimate of drug-likeness (QED) is 0.401. The van der Waals surface area contributed by atoms with E-state index in [0.29, 0.717) is 6.61 Å². The second-order valence-electron chi connectivity index (χ2n) is 6.28. The largest absolute Gasteiger partial charge is 0.507 e. The van der Waals surface area contributed by atoms with Gasteiger partial charge in [0.15, 0.2) is 0 Å². The molecular weight excluding hydrogens is 288 g/mol. The monoisotopic (exact) mass is 322 g/mol. The van der Waals surface area contributed by atoms with Crippen molar-refractivity contribution in [2.75, 3.05) is 13.7 Å². The molecule has 1 aromatic rings. The van der Waals surface area contributed by atoms with Gasteiger partial charge in [-0.3, -0.25) is 0 Å². The zero-order valence-electron chi connectivity index (χ0n) is 15.3. The molecule has 0 saturated heterocycles. The number of ether oxygens (including phenoxy) is 2. The Labute approximate surface area is 142 Å². The fraction of sp³-hybridized carbons (Fsp3) is 0.700. The Morgan fingerprint density at radius 2 is 1.70 bits per heavy atom. The highest BCUT2D eigenvalue weighted by atomic mass is 16.7. The van der Waals surface area contributed by atoms with Crippen LogP contribution in [0.3, 0.4) is 0 Å². The second-order valence-corrected chi connectivity index (χ2v) is 6.28. The normalized spacial score (nSPS) is 15.3. The van der Waals surface area contributed by atoms with E-state index in [2.05, 4.69) is 13.8 Å². The van der Waals surface area contributed by atoms with E-state index in [1.165, 1.54) is 32.1 Å². The van der Waals surface area contributed by atoms with Gasteiger partial charge in [0.2, 0.25) is 5.79 Å². The van der Waals surface area contributed by atoms with E-state index in [9.17, 15) is 5.11 Å². The number of unbranched alkanes of at least 4 members (excludes halogenated alkanes) is 5. The lowest BCUT2D eigenvalue weighted by Gasteiger charge is -2.38. The number of phenols is 1. The van der Waals surface area contributed by atoms with Crippen molar-refractivity contribution in [3.8, 4) is 5.75 Å². The van der Waals surface area contributed by atoms with Crippen LogP contribution in [0.2, 0.25) is 0 Å². The van der Waals surface area contributed by atoms with Crippen LogP contribution in [0.5, 0.6) is 5.75 Å². The van der Waals surface area contributed by atoms with Gasteiger partial charge in [0.25, 0.3) is 0 Å². The zero-order valence-corrected chi connectivity index (χ0v) is 15.3. The fourth-order valence-electron chi connectivity index (χ4n) is 3.26. The van der Waals surface area contributed by atoms with Gasteiger partial charge in [-0.25, -0.2) is 0 Å². The highest BCUT2D eigenvalue weighted by Crippen LogP contribution is 2.41. The smallest absolute Gasteiger partial charge is 0.200 e. The first kappa shape index (κ1) is 20.0. The maximum Gasteiger partial charge on any atom is 0.200 e. The number of hydrogen-bond donors (Lipinski definition) is 1. The van der Waals surface area contributed by atoms with Gasteiger partial charge >= 0.3 is 0 Å². The summed E-state index contributed by atoms with van der Waals surface area (Å²) in [5.41, 5.74) is 0.725. The number of hydrogen-bond acceptors (Lipinski definition) is 3. The van der Waals surface area contributed by atoms with Crippen LogP contribution in [0.15, 0.2) is 24.3 Å². The van der Waals surface area contributed by atoms with Gasteiger partial charge in [-0.05, 0) is 25.5 Å². The molecule has 1 aromatic carbocycles. The van der Waals surface area contributed by atoms with Crippen molar-refractivity contribution in [1.29, 1.82) is 0 Å². The van der Waals surface area contributed by atoms with Crippen molar-refractivity contribution < 1.29 is 14.6 Å². The maximum absolute atomic E-state index is 10.3. The average molecular weight is 322 g/mol. The van der Waals surface area contributed by atoms with E-state index in [0.717, 1.165) is 18.4 Å². The number of para-hydroxylation sites is 1. The molecule has 2 unspecified atom stereocenters. The molecule has 0 radical (unpaired) electrons. The summed E-state index contributed by atoms with van der Waals surface area (Å²) < 4.78 is 11.8. The molecule has 0 spiro atoms. The third-order valence-corrected chi connectivity index (χ3v) is 4.58. The van der Waals surface area contributed by atoms with E-state index >= 15 is 0 Å². The number of aromatic hydroxyl groups is 1. The highest BCUT2D eigenvalue weighted by molar-refractivity contribution is 5.36. The molecule has 0 heterocycles. The first-order valence-corrected chi connectivity index (χ1v) is 9.09. The van der Waals surface area contributed by atoms with Gasteiger partial charge in [-0.2, -0.15) is 0 Å². The summed E-state index contributed by atoms with van der Waals surface area (Å²) in [5.74, 6) is -0.465. The Morgan fingerprint density at radius 1 is 1.04 bits per heavy atom. The molecule has 23 heavy (non-hydrogen) atoms.